The van der Waals surface area contributed by atoms with Crippen LogP contribution in [0.3, 0.4) is 0 Å². The molecule has 2 heteroatoms. The molecule has 1 aromatic carbocycles. The summed E-state index contributed by atoms with van der Waals surface area (Å²) in [4.78, 5) is 0. The van der Waals surface area contributed by atoms with E-state index in [1.165, 1.54) is 27.9 Å². The Hall–Kier alpha value is -1.70. The average molecular weight is 310 g/mol. The Morgan fingerprint density at radius 1 is 1.00 bits per heavy atom. The molecular formula is C21H30N2. The Balaban J connectivity index is 2.32. The minimum absolute atomic E-state index is 0.0986. The van der Waals surface area contributed by atoms with Crippen molar-refractivity contribution in [1.29, 1.82) is 0 Å². The molecule has 0 aliphatic heterocycles. The highest BCUT2D eigenvalue weighted by Gasteiger charge is 2.26. The second-order valence-corrected chi connectivity index (χ2v) is 7.70. The number of hydrogen-bond acceptors (Lipinski definition) is 2. The molecule has 2 atom stereocenters. The van der Waals surface area contributed by atoms with Crippen LogP contribution in [0.25, 0.3) is 0 Å². The van der Waals surface area contributed by atoms with Gasteiger partial charge in [-0.05, 0) is 70.6 Å². The molecule has 0 saturated carbocycles. The molecule has 2 unspecified atom stereocenters. The quantitative estimate of drug-likeness (QED) is 0.555. The average Bonchev–Trinajstić information content (AvgIpc) is 2.68. The van der Waals surface area contributed by atoms with Gasteiger partial charge >= 0.3 is 0 Å². The summed E-state index contributed by atoms with van der Waals surface area (Å²) in [6.07, 6.45) is 0.950. The van der Waals surface area contributed by atoms with Crippen molar-refractivity contribution in [2.75, 3.05) is 0 Å². The van der Waals surface area contributed by atoms with Crippen LogP contribution in [-0.4, -0.2) is 5.54 Å². The van der Waals surface area contributed by atoms with E-state index >= 15 is 0 Å². The number of benzene rings is 1. The van der Waals surface area contributed by atoms with E-state index in [0.717, 1.165) is 6.42 Å². The molecule has 0 bridgehead atoms. The van der Waals surface area contributed by atoms with Crippen LogP contribution in [0, 0.1) is 5.92 Å². The summed E-state index contributed by atoms with van der Waals surface area (Å²) in [7, 11) is 0. The molecule has 0 heterocycles. The fraction of sp³-hybridized carbons (Fsp3) is 0.524. The normalized spacial score (nSPS) is 20.7. The van der Waals surface area contributed by atoms with Crippen molar-refractivity contribution in [1.82, 2.24) is 0 Å². The number of allylic oxidation sites excluding steroid dienone is 3. The van der Waals surface area contributed by atoms with E-state index in [1.807, 2.05) is 0 Å². The molecule has 23 heavy (non-hydrogen) atoms. The molecular weight excluding hydrogens is 280 g/mol. The third-order valence-electron chi connectivity index (χ3n) is 4.90. The van der Waals surface area contributed by atoms with Gasteiger partial charge in [0.05, 0.1) is 11.6 Å². The summed E-state index contributed by atoms with van der Waals surface area (Å²) in [5.41, 5.74) is 7.02. The molecule has 1 aliphatic rings. The highest BCUT2D eigenvalue weighted by molar-refractivity contribution is 5.47. The van der Waals surface area contributed by atoms with Gasteiger partial charge in [0.2, 0.25) is 0 Å². The first-order valence-corrected chi connectivity index (χ1v) is 8.55. The minimum Gasteiger partial charge on any atom is -0.188 e. The highest BCUT2D eigenvalue weighted by atomic mass is 15.2. The Labute approximate surface area is 141 Å². The lowest BCUT2D eigenvalue weighted by atomic mass is 9.90. The molecule has 2 nitrogen and oxygen atoms in total. The fourth-order valence-electron chi connectivity index (χ4n) is 3.13. The molecule has 0 saturated heterocycles. The van der Waals surface area contributed by atoms with Crippen LogP contribution in [-0.2, 0) is 0 Å². The Morgan fingerprint density at radius 3 is 2.09 bits per heavy atom. The summed E-state index contributed by atoms with van der Waals surface area (Å²) in [6, 6.07) is 10.7. The Kier molecular flexibility index (Phi) is 5.23. The van der Waals surface area contributed by atoms with E-state index in [2.05, 4.69) is 83.9 Å². The molecule has 0 aromatic heterocycles. The Bertz CT molecular complexity index is 642. The second-order valence-electron chi connectivity index (χ2n) is 7.70. The molecule has 0 radical (unpaired) electrons. The van der Waals surface area contributed by atoms with Gasteiger partial charge in [-0.2, -0.15) is 10.2 Å². The Morgan fingerprint density at radius 2 is 1.61 bits per heavy atom. The molecule has 2 rings (SSSR count). The van der Waals surface area contributed by atoms with Crippen LogP contribution >= 0.6 is 0 Å². The van der Waals surface area contributed by atoms with Gasteiger partial charge in [-0.25, -0.2) is 0 Å². The largest absolute Gasteiger partial charge is 0.188 e. The number of nitrogens with zero attached hydrogens (tertiary/aromatic N) is 2. The van der Waals surface area contributed by atoms with Crippen molar-refractivity contribution in [3.63, 3.8) is 0 Å². The fourth-order valence-corrected chi connectivity index (χ4v) is 3.13. The van der Waals surface area contributed by atoms with Crippen LogP contribution in [0.2, 0.25) is 0 Å². The lowest BCUT2D eigenvalue weighted by molar-refractivity contribution is 0.505. The third kappa shape index (κ3) is 4.19. The van der Waals surface area contributed by atoms with Crippen molar-refractivity contribution >= 4 is 0 Å². The topological polar surface area (TPSA) is 24.7 Å². The summed E-state index contributed by atoms with van der Waals surface area (Å²) in [5, 5.41) is 9.27. The van der Waals surface area contributed by atoms with Gasteiger partial charge in [0.1, 0.15) is 0 Å². The zero-order chi connectivity index (χ0) is 17.2. The molecule has 0 fully saturated rings. The maximum absolute atomic E-state index is 4.72. The van der Waals surface area contributed by atoms with Crippen LogP contribution in [0.1, 0.15) is 66.5 Å². The van der Waals surface area contributed by atoms with Crippen molar-refractivity contribution in [2.24, 2.45) is 16.1 Å². The van der Waals surface area contributed by atoms with E-state index in [1.54, 1.807) is 0 Å². The smallest absolute Gasteiger partial charge is 0.0995 e. The van der Waals surface area contributed by atoms with Gasteiger partial charge in [-0.15, -0.1) is 0 Å². The van der Waals surface area contributed by atoms with E-state index < -0.39 is 0 Å². The predicted octanol–water partition coefficient (Wildman–Crippen LogP) is 6.67. The second kappa shape index (κ2) is 6.82. The number of hydrogen-bond donors (Lipinski definition) is 0. The first-order chi connectivity index (χ1) is 10.7. The van der Waals surface area contributed by atoms with Crippen LogP contribution in [0.4, 0.5) is 0 Å². The van der Waals surface area contributed by atoms with E-state index in [-0.39, 0.29) is 11.6 Å². The summed E-state index contributed by atoms with van der Waals surface area (Å²) < 4.78 is 0. The maximum Gasteiger partial charge on any atom is 0.0995 e. The van der Waals surface area contributed by atoms with Crippen molar-refractivity contribution in [3.05, 3.63) is 58.2 Å². The van der Waals surface area contributed by atoms with E-state index in [0.29, 0.717) is 5.92 Å². The lowest BCUT2D eigenvalue weighted by Crippen LogP contribution is -2.10. The first-order valence-electron chi connectivity index (χ1n) is 8.55. The summed E-state index contributed by atoms with van der Waals surface area (Å²) >= 11 is 0. The molecule has 0 spiro atoms. The molecule has 1 aliphatic carbocycles. The highest BCUT2D eigenvalue weighted by Crippen LogP contribution is 2.41. The van der Waals surface area contributed by atoms with Gasteiger partial charge in [0, 0.05) is 0 Å². The van der Waals surface area contributed by atoms with E-state index in [4.69, 9.17) is 5.11 Å². The SMILES string of the molecule is CC1=C(C)C(C)C(CC(N=NC(C)(C)C)c2ccccc2)=C1C. The third-order valence-corrected chi connectivity index (χ3v) is 4.90. The van der Waals surface area contributed by atoms with E-state index in [9.17, 15) is 0 Å². The van der Waals surface area contributed by atoms with Crippen LogP contribution in [0.15, 0.2) is 62.9 Å². The van der Waals surface area contributed by atoms with Crippen LogP contribution in [0.5, 0.6) is 0 Å². The summed E-state index contributed by atoms with van der Waals surface area (Å²) in [5.74, 6) is 0.519. The number of rotatable bonds is 4. The summed E-state index contributed by atoms with van der Waals surface area (Å²) in [6.45, 7) is 15.3. The molecule has 0 amide bonds. The monoisotopic (exact) mass is 310 g/mol. The number of azo groups is 1. The lowest BCUT2D eigenvalue weighted by Gasteiger charge is -2.19. The molecule has 124 valence electrons. The molecule has 1 aromatic rings. The van der Waals surface area contributed by atoms with Gasteiger partial charge in [-0.3, -0.25) is 0 Å². The van der Waals surface area contributed by atoms with Crippen molar-refractivity contribution in [2.45, 2.75) is 66.5 Å². The van der Waals surface area contributed by atoms with Gasteiger partial charge in [0.15, 0.2) is 0 Å². The van der Waals surface area contributed by atoms with Gasteiger partial charge in [-0.1, -0.05) is 48.4 Å². The van der Waals surface area contributed by atoms with Crippen LogP contribution < -0.4 is 0 Å². The van der Waals surface area contributed by atoms with Crippen molar-refractivity contribution < 1.29 is 0 Å². The zero-order valence-corrected chi connectivity index (χ0v) is 15.6. The first kappa shape index (κ1) is 17.7. The maximum atomic E-state index is 4.72. The minimum atomic E-state index is -0.137. The van der Waals surface area contributed by atoms with Gasteiger partial charge < -0.3 is 0 Å². The zero-order valence-electron chi connectivity index (χ0n) is 15.6. The molecule has 0 N–H and O–H groups in total. The standard InChI is InChI=1S/C21H30N2/c1-14-15(2)17(4)19(16(14)3)13-20(22-23-21(5,6)7)18-11-9-8-10-12-18/h8-12,16,20H,13H2,1-7H3. The van der Waals surface area contributed by atoms with Crippen molar-refractivity contribution in [3.8, 4) is 0 Å². The van der Waals surface area contributed by atoms with Gasteiger partial charge in [0.25, 0.3) is 0 Å². The predicted molar refractivity (Wildman–Crippen MR) is 98.6 cm³/mol.